The zero-order chi connectivity index (χ0) is 13.7. The maximum absolute atomic E-state index is 5.82. The maximum atomic E-state index is 5.82. The third-order valence-corrected chi connectivity index (χ3v) is 4.07. The van der Waals surface area contributed by atoms with Crippen LogP contribution in [0.3, 0.4) is 0 Å². The SMILES string of the molecule is C=CCC1=C(Sc2ccccc2)COC(C)(C)OC1. The Kier molecular flexibility index (Phi) is 4.86. The summed E-state index contributed by atoms with van der Waals surface area (Å²) in [4.78, 5) is 2.46. The predicted molar refractivity (Wildman–Crippen MR) is 80.1 cm³/mol. The standard InChI is InChI=1S/C16H20O2S/c1-4-8-13-11-17-16(2,3)18-12-15(13)19-14-9-6-5-7-10-14/h4-7,9-10H,1,8,11-12H2,2-3H3. The number of hydrogen-bond donors (Lipinski definition) is 0. The van der Waals surface area contributed by atoms with Gasteiger partial charge in [0.15, 0.2) is 5.79 Å². The molecule has 0 fully saturated rings. The Balaban J connectivity index is 2.19. The van der Waals surface area contributed by atoms with Gasteiger partial charge in [0.25, 0.3) is 0 Å². The van der Waals surface area contributed by atoms with Crippen molar-refractivity contribution in [2.45, 2.75) is 31.0 Å². The summed E-state index contributed by atoms with van der Waals surface area (Å²) in [5, 5.41) is 0. The highest BCUT2D eigenvalue weighted by molar-refractivity contribution is 8.03. The van der Waals surface area contributed by atoms with Crippen LogP contribution in [0.25, 0.3) is 0 Å². The van der Waals surface area contributed by atoms with Crippen LogP contribution < -0.4 is 0 Å². The van der Waals surface area contributed by atoms with E-state index in [9.17, 15) is 0 Å². The number of thioether (sulfide) groups is 1. The van der Waals surface area contributed by atoms with Crippen molar-refractivity contribution < 1.29 is 9.47 Å². The molecule has 0 atom stereocenters. The molecule has 1 aromatic carbocycles. The molecule has 1 aliphatic rings. The molecule has 2 nitrogen and oxygen atoms in total. The summed E-state index contributed by atoms with van der Waals surface area (Å²) in [5.41, 5.74) is 1.26. The van der Waals surface area contributed by atoms with E-state index in [1.165, 1.54) is 15.4 Å². The second-order valence-corrected chi connectivity index (χ2v) is 6.08. The summed E-state index contributed by atoms with van der Waals surface area (Å²) >= 11 is 1.75. The van der Waals surface area contributed by atoms with Crippen molar-refractivity contribution in [3.05, 3.63) is 53.5 Å². The third kappa shape index (κ3) is 4.23. The summed E-state index contributed by atoms with van der Waals surface area (Å²) in [6.45, 7) is 8.93. The topological polar surface area (TPSA) is 18.5 Å². The fourth-order valence-electron chi connectivity index (χ4n) is 1.80. The third-order valence-electron chi connectivity index (χ3n) is 2.91. The molecule has 0 unspecified atom stereocenters. The molecular formula is C16H20O2S. The van der Waals surface area contributed by atoms with E-state index < -0.39 is 5.79 Å². The molecule has 0 saturated carbocycles. The molecule has 0 N–H and O–H groups in total. The quantitative estimate of drug-likeness (QED) is 0.760. The lowest BCUT2D eigenvalue weighted by atomic mass is 10.2. The van der Waals surface area contributed by atoms with Crippen LogP contribution in [0.2, 0.25) is 0 Å². The summed E-state index contributed by atoms with van der Waals surface area (Å²) in [5.74, 6) is -0.522. The van der Waals surface area contributed by atoms with Crippen LogP contribution in [0.15, 0.2) is 58.4 Å². The Hall–Kier alpha value is -1.03. The zero-order valence-electron chi connectivity index (χ0n) is 11.5. The van der Waals surface area contributed by atoms with Crippen LogP contribution in [-0.4, -0.2) is 19.0 Å². The number of rotatable bonds is 4. The average Bonchev–Trinajstić information content (AvgIpc) is 2.53. The molecule has 1 aliphatic heterocycles. The van der Waals surface area contributed by atoms with Gasteiger partial charge in [0.1, 0.15) is 0 Å². The Labute approximate surface area is 119 Å². The van der Waals surface area contributed by atoms with Crippen molar-refractivity contribution in [3.8, 4) is 0 Å². The molecule has 0 aromatic heterocycles. The van der Waals surface area contributed by atoms with E-state index in [0.29, 0.717) is 13.2 Å². The molecule has 2 rings (SSSR count). The van der Waals surface area contributed by atoms with Crippen molar-refractivity contribution in [1.29, 1.82) is 0 Å². The van der Waals surface area contributed by atoms with Gasteiger partial charge in [-0.3, -0.25) is 0 Å². The minimum atomic E-state index is -0.522. The minimum absolute atomic E-state index is 0.522. The van der Waals surface area contributed by atoms with Gasteiger partial charge in [0, 0.05) is 9.80 Å². The lowest BCUT2D eigenvalue weighted by molar-refractivity contribution is -0.197. The first-order chi connectivity index (χ1) is 9.11. The molecule has 1 heterocycles. The Morgan fingerprint density at radius 1 is 1.21 bits per heavy atom. The molecule has 0 bridgehead atoms. The summed E-state index contributed by atoms with van der Waals surface area (Å²) in [7, 11) is 0. The van der Waals surface area contributed by atoms with Crippen LogP contribution in [0.4, 0.5) is 0 Å². The average molecular weight is 276 g/mol. The smallest absolute Gasteiger partial charge is 0.163 e. The molecule has 102 valence electrons. The van der Waals surface area contributed by atoms with E-state index in [2.05, 4.69) is 18.7 Å². The molecule has 3 heteroatoms. The highest BCUT2D eigenvalue weighted by atomic mass is 32.2. The van der Waals surface area contributed by atoms with E-state index in [1.54, 1.807) is 11.8 Å². The van der Waals surface area contributed by atoms with E-state index in [1.807, 2.05) is 38.1 Å². The van der Waals surface area contributed by atoms with Crippen LogP contribution in [-0.2, 0) is 9.47 Å². The zero-order valence-corrected chi connectivity index (χ0v) is 12.3. The van der Waals surface area contributed by atoms with E-state index >= 15 is 0 Å². The van der Waals surface area contributed by atoms with E-state index in [4.69, 9.17) is 9.47 Å². The molecule has 0 spiro atoms. The second-order valence-electron chi connectivity index (χ2n) is 4.91. The number of hydrogen-bond acceptors (Lipinski definition) is 3. The maximum Gasteiger partial charge on any atom is 0.163 e. The highest BCUT2D eigenvalue weighted by Crippen LogP contribution is 2.34. The van der Waals surface area contributed by atoms with Gasteiger partial charge < -0.3 is 9.47 Å². The van der Waals surface area contributed by atoms with Crippen molar-refractivity contribution in [3.63, 3.8) is 0 Å². The normalized spacial score (nSPS) is 19.1. The summed E-state index contributed by atoms with van der Waals surface area (Å²) in [6, 6.07) is 10.3. The first-order valence-electron chi connectivity index (χ1n) is 6.43. The van der Waals surface area contributed by atoms with Gasteiger partial charge in [-0.2, -0.15) is 0 Å². The van der Waals surface area contributed by atoms with Crippen molar-refractivity contribution in [1.82, 2.24) is 0 Å². The monoisotopic (exact) mass is 276 g/mol. The largest absolute Gasteiger partial charge is 0.346 e. The van der Waals surface area contributed by atoms with E-state index in [-0.39, 0.29) is 0 Å². The molecule has 0 saturated heterocycles. The number of allylic oxidation sites excluding steroid dienone is 1. The first kappa shape index (κ1) is 14.4. The Bertz CT molecular complexity index is 463. The fraction of sp³-hybridized carbons (Fsp3) is 0.375. The van der Waals surface area contributed by atoms with Gasteiger partial charge in [-0.05, 0) is 38.0 Å². The first-order valence-corrected chi connectivity index (χ1v) is 7.25. The minimum Gasteiger partial charge on any atom is -0.346 e. The molecule has 19 heavy (non-hydrogen) atoms. The fourth-order valence-corrected chi connectivity index (χ4v) is 2.79. The molecule has 0 amide bonds. The van der Waals surface area contributed by atoms with Crippen LogP contribution in [0, 0.1) is 0 Å². The van der Waals surface area contributed by atoms with Gasteiger partial charge in [-0.1, -0.05) is 36.0 Å². The van der Waals surface area contributed by atoms with Crippen molar-refractivity contribution in [2.75, 3.05) is 13.2 Å². The van der Waals surface area contributed by atoms with Gasteiger partial charge in [0.05, 0.1) is 13.2 Å². The van der Waals surface area contributed by atoms with Crippen molar-refractivity contribution >= 4 is 11.8 Å². The Morgan fingerprint density at radius 2 is 1.89 bits per heavy atom. The number of ether oxygens (including phenoxy) is 2. The highest BCUT2D eigenvalue weighted by Gasteiger charge is 2.25. The van der Waals surface area contributed by atoms with Gasteiger partial charge in [-0.25, -0.2) is 0 Å². The summed E-state index contributed by atoms with van der Waals surface area (Å²) < 4.78 is 11.6. The van der Waals surface area contributed by atoms with Crippen LogP contribution in [0.1, 0.15) is 20.3 Å². The second kappa shape index (κ2) is 6.42. The van der Waals surface area contributed by atoms with Crippen LogP contribution in [0.5, 0.6) is 0 Å². The lowest BCUT2D eigenvalue weighted by Gasteiger charge is -2.23. The summed E-state index contributed by atoms with van der Waals surface area (Å²) in [6.07, 6.45) is 2.76. The van der Waals surface area contributed by atoms with Gasteiger partial charge in [0.2, 0.25) is 0 Å². The van der Waals surface area contributed by atoms with E-state index in [0.717, 1.165) is 6.42 Å². The molecule has 0 radical (unpaired) electrons. The number of benzene rings is 1. The Morgan fingerprint density at radius 3 is 2.58 bits per heavy atom. The lowest BCUT2D eigenvalue weighted by Crippen LogP contribution is -2.27. The molecular weight excluding hydrogens is 256 g/mol. The van der Waals surface area contributed by atoms with Crippen molar-refractivity contribution in [2.24, 2.45) is 0 Å². The van der Waals surface area contributed by atoms with Gasteiger partial charge >= 0.3 is 0 Å². The molecule has 1 aromatic rings. The molecule has 0 aliphatic carbocycles. The predicted octanol–water partition coefficient (Wildman–Crippen LogP) is 4.39. The van der Waals surface area contributed by atoms with Crippen LogP contribution >= 0.6 is 11.8 Å². The van der Waals surface area contributed by atoms with Gasteiger partial charge in [-0.15, -0.1) is 6.58 Å².